The molecular formula is C32H60O11Si3. The van der Waals surface area contributed by atoms with Crippen molar-refractivity contribution in [3.05, 3.63) is 24.3 Å². The summed E-state index contributed by atoms with van der Waals surface area (Å²) in [5.74, 6) is -1.92. The first-order valence-electron chi connectivity index (χ1n) is 16.1. The summed E-state index contributed by atoms with van der Waals surface area (Å²) in [6.45, 7) is 28.0. The van der Waals surface area contributed by atoms with Gasteiger partial charge in [-0.1, -0.05) is 20.1 Å². The van der Waals surface area contributed by atoms with E-state index in [1.54, 1.807) is 13.8 Å². The molecule has 46 heavy (non-hydrogen) atoms. The number of carbonyl (C=O) groups is 4. The fourth-order valence-electron chi connectivity index (χ4n) is 4.25. The molecule has 0 spiro atoms. The summed E-state index contributed by atoms with van der Waals surface area (Å²) in [4.78, 5) is 48.1. The van der Waals surface area contributed by atoms with Gasteiger partial charge in [0, 0.05) is 30.6 Å². The van der Waals surface area contributed by atoms with Gasteiger partial charge in [0.25, 0.3) is 0 Å². The summed E-state index contributed by atoms with van der Waals surface area (Å²) < 4.78 is 40.6. The first-order valence-corrected chi connectivity index (χ1v) is 25.4. The molecule has 0 unspecified atom stereocenters. The maximum atomic E-state index is 12.5. The van der Waals surface area contributed by atoms with Gasteiger partial charge in [0.05, 0.1) is 25.2 Å². The fourth-order valence-corrected chi connectivity index (χ4v) is 16.8. The highest BCUT2D eigenvalue weighted by molar-refractivity contribution is 6.87. The second-order valence-corrected chi connectivity index (χ2v) is 26.8. The molecule has 0 fully saturated rings. The van der Waals surface area contributed by atoms with Crippen LogP contribution in [0.15, 0.2) is 24.3 Å². The number of hydrogen-bond acceptors (Lipinski definition) is 11. The minimum absolute atomic E-state index is 0.0126. The SMILES string of the molecule is C=C(C)C(=O)OCCCC(=O)OCC(CC)(COCCC[Si](C)(O[Si](C)(C)C)O[Si](C)(C)C)COC(=O)CCCOC(=O)C(=C)C. The van der Waals surface area contributed by atoms with Crippen LogP contribution in [-0.4, -0.2) is 88.7 Å². The van der Waals surface area contributed by atoms with Gasteiger partial charge in [-0.05, 0) is 91.4 Å². The smallest absolute Gasteiger partial charge is 0.333 e. The normalized spacial score (nSPS) is 12.3. The lowest BCUT2D eigenvalue weighted by molar-refractivity contribution is -0.159. The van der Waals surface area contributed by atoms with Crippen molar-refractivity contribution < 1.29 is 51.1 Å². The highest BCUT2D eigenvalue weighted by Crippen LogP contribution is 2.27. The van der Waals surface area contributed by atoms with Crippen molar-refractivity contribution in [3.63, 3.8) is 0 Å². The number of ether oxygens (including phenoxy) is 5. The van der Waals surface area contributed by atoms with Gasteiger partial charge in [0.1, 0.15) is 13.2 Å². The number of rotatable bonds is 25. The van der Waals surface area contributed by atoms with E-state index >= 15 is 0 Å². The molecule has 0 aliphatic carbocycles. The van der Waals surface area contributed by atoms with Crippen molar-refractivity contribution in [2.75, 3.05) is 39.6 Å². The predicted octanol–water partition coefficient (Wildman–Crippen LogP) is 6.45. The van der Waals surface area contributed by atoms with Gasteiger partial charge in [0.15, 0.2) is 16.6 Å². The summed E-state index contributed by atoms with van der Waals surface area (Å²) in [7, 11) is -6.05. The van der Waals surface area contributed by atoms with E-state index in [1.807, 2.05) is 6.92 Å². The Balaban J connectivity index is 5.26. The third-order valence-electron chi connectivity index (χ3n) is 6.41. The summed E-state index contributed by atoms with van der Waals surface area (Å²) in [5.41, 5.74) is -0.192. The van der Waals surface area contributed by atoms with Crippen molar-refractivity contribution >= 4 is 49.1 Å². The van der Waals surface area contributed by atoms with E-state index in [0.29, 0.717) is 25.9 Å². The molecule has 0 rings (SSSR count). The lowest BCUT2D eigenvalue weighted by atomic mass is 9.88. The molecule has 0 bridgehead atoms. The van der Waals surface area contributed by atoms with Crippen LogP contribution in [0.5, 0.6) is 0 Å². The Kier molecular flexibility index (Phi) is 20.0. The van der Waals surface area contributed by atoms with Crippen LogP contribution < -0.4 is 0 Å². The molecule has 0 saturated carbocycles. The third-order valence-corrected chi connectivity index (χ3v) is 16.0. The average molecular weight is 705 g/mol. The van der Waals surface area contributed by atoms with Crippen LogP contribution >= 0.6 is 0 Å². The Morgan fingerprint density at radius 1 is 0.609 bits per heavy atom. The van der Waals surface area contributed by atoms with Crippen LogP contribution in [0.25, 0.3) is 0 Å². The van der Waals surface area contributed by atoms with Crippen LogP contribution in [0, 0.1) is 5.41 Å². The van der Waals surface area contributed by atoms with E-state index in [1.165, 1.54) is 0 Å². The van der Waals surface area contributed by atoms with Crippen LogP contribution in [-0.2, 0) is 51.1 Å². The third kappa shape index (κ3) is 21.6. The molecule has 0 aromatic carbocycles. The lowest BCUT2D eigenvalue weighted by Crippen LogP contribution is -2.52. The van der Waals surface area contributed by atoms with Gasteiger partial charge in [-0.25, -0.2) is 9.59 Å². The first-order chi connectivity index (χ1) is 21.1. The van der Waals surface area contributed by atoms with Crippen LogP contribution in [0.3, 0.4) is 0 Å². The molecule has 0 atom stereocenters. The molecule has 11 nitrogen and oxygen atoms in total. The Hall–Kier alpha value is -2.11. The largest absolute Gasteiger partial charge is 0.465 e. The fraction of sp³-hybridized carbons (Fsp3) is 0.750. The van der Waals surface area contributed by atoms with E-state index < -0.39 is 54.5 Å². The van der Waals surface area contributed by atoms with Crippen molar-refractivity contribution in [2.24, 2.45) is 5.41 Å². The molecule has 0 saturated heterocycles. The number of carbonyl (C=O) groups excluding carboxylic acids is 4. The van der Waals surface area contributed by atoms with E-state index in [4.69, 9.17) is 31.9 Å². The van der Waals surface area contributed by atoms with Gasteiger partial charge in [0.2, 0.25) is 0 Å². The van der Waals surface area contributed by atoms with Crippen molar-refractivity contribution in [2.45, 2.75) is 111 Å². The van der Waals surface area contributed by atoms with Crippen LogP contribution in [0.1, 0.15) is 59.3 Å². The maximum Gasteiger partial charge on any atom is 0.333 e. The topological polar surface area (TPSA) is 133 Å². The zero-order valence-electron chi connectivity index (χ0n) is 30.1. The van der Waals surface area contributed by atoms with Crippen LogP contribution in [0.2, 0.25) is 51.9 Å². The van der Waals surface area contributed by atoms with Crippen molar-refractivity contribution in [1.82, 2.24) is 0 Å². The molecule has 0 radical (unpaired) electrons. The van der Waals surface area contributed by atoms with Crippen molar-refractivity contribution in [1.29, 1.82) is 0 Å². The Morgan fingerprint density at radius 2 is 1.02 bits per heavy atom. The standard InChI is InChI=1S/C32H60O11Si3/c1-13-32(24-40-28(33)17-14-20-38-30(35)26(2)3,25-41-29(34)18-15-21-39-31(36)27(4)5)23-37-19-16-22-46(12,42-44(6,7)8)43-45(9,10)11/h2,4,13-25H2,1,3,5-12H3. The molecule has 0 aliphatic rings. The first kappa shape index (κ1) is 43.9. The Bertz CT molecular complexity index is 950. The predicted molar refractivity (Wildman–Crippen MR) is 185 cm³/mol. The number of hydrogen-bond donors (Lipinski definition) is 0. The quantitative estimate of drug-likeness (QED) is 0.0341. The zero-order valence-corrected chi connectivity index (χ0v) is 33.1. The van der Waals surface area contributed by atoms with E-state index in [-0.39, 0.29) is 57.0 Å². The van der Waals surface area contributed by atoms with Crippen molar-refractivity contribution in [3.8, 4) is 0 Å². The summed E-state index contributed by atoms with van der Waals surface area (Å²) in [5, 5.41) is 0. The summed E-state index contributed by atoms with van der Waals surface area (Å²) >= 11 is 0. The average Bonchev–Trinajstić information content (AvgIpc) is 2.91. The number of esters is 4. The highest BCUT2D eigenvalue weighted by Gasteiger charge is 2.40. The molecular weight excluding hydrogens is 645 g/mol. The minimum atomic E-state index is -2.41. The molecule has 0 aliphatic heterocycles. The molecule has 0 heterocycles. The van der Waals surface area contributed by atoms with Crippen LogP contribution in [0.4, 0.5) is 0 Å². The molecule has 0 amide bonds. The molecule has 14 heteroatoms. The Labute approximate surface area is 280 Å². The van der Waals surface area contributed by atoms with E-state index in [0.717, 1.165) is 12.5 Å². The maximum absolute atomic E-state index is 12.5. The highest BCUT2D eigenvalue weighted by atomic mass is 28.5. The van der Waals surface area contributed by atoms with Gasteiger partial charge >= 0.3 is 32.4 Å². The molecule has 0 aromatic heterocycles. The second-order valence-electron chi connectivity index (χ2n) is 13.9. The van der Waals surface area contributed by atoms with E-state index in [9.17, 15) is 19.2 Å². The zero-order chi connectivity index (χ0) is 35.6. The summed E-state index contributed by atoms with van der Waals surface area (Å²) in [6, 6.07) is 0.788. The molecule has 0 aromatic rings. The second kappa shape index (κ2) is 21.0. The lowest BCUT2D eigenvalue weighted by Gasteiger charge is -2.38. The van der Waals surface area contributed by atoms with Gasteiger partial charge < -0.3 is 31.9 Å². The van der Waals surface area contributed by atoms with E-state index in [2.05, 4.69) is 59.0 Å². The monoisotopic (exact) mass is 704 g/mol. The van der Waals surface area contributed by atoms with Gasteiger partial charge in [-0.15, -0.1) is 0 Å². The minimum Gasteiger partial charge on any atom is -0.465 e. The van der Waals surface area contributed by atoms with Gasteiger partial charge in [-0.2, -0.15) is 0 Å². The molecule has 0 N–H and O–H groups in total. The summed E-state index contributed by atoms with van der Waals surface area (Å²) in [6.07, 6.45) is 1.99. The Morgan fingerprint density at radius 3 is 1.37 bits per heavy atom. The molecule has 266 valence electrons. The van der Waals surface area contributed by atoms with Gasteiger partial charge in [-0.3, -0.25) is 9.59 Å².